The molecule has 0 amide bonds. The highest BCUT2D eigenvalue weighted by atomic mass is 15.2. The summed E-state index contributed by atoms with van der Waals surface area (Å²) in [5.74, 6) is 3.21. The zero-order valence-electron chi connectivity index (χ0n) is 13.8. The van der Waals surface area contributed by atoms with Gasteiger partial charge >= 0.3 is 0 Å². The van der Waals surface area contributed by atoms with Crippen molar-refractivity contribution < 1.29 is 0 Å². The van der Waals surface area contributed by atoms with Gasteiger partial charge in [0.05, 0.1) is 0 Å². The summed E-state index contributed by atoms with van der Waals surface area (Å²) in [6, 6.07) is 8.21. The van der Waals surface area contributed by atoms with E-state index in [0.717, 1.165) is 40.1 Å². The largest absolute Gasteiger partial charge is 0.366 e. The third-order valence-electron chi connectivity index (χ3n) is 3.77. The van der Waals surface area contributed by atoms with Gasteiger partial charge in [0, 0.05) is 23.4 Å². The van der Waals surface area contributed by atoms with Gasteiger partial charge in [-0.1, -0.05) is 24.3 Å². The number of benzene rings is 1. The van der Waals surface area contributed by atoms with Crippen LogP contribution < -0.4 is 5.32 Å². The first kappa shape index (κ1) is 15.1. The molecule has 0 radical (unpaired) electrons. The van der Waals surface area contributed by atoms with Crippen molar-refractivity contribution in [3.8, 4) is 11.4 Å². The van der Waals surface area contributed by atoms with Crippen LogP contribution in [0.25, 0.3) is 11.4 Å². The molecule has 2 N–H and O–H groups in total. The lowest BCUT2D eigenvalue weighted by atomic mass is 10.1. The van der Waals surface area contributed by atoms with Gasteiger partial charge in [-0.25, -0.2) is 15.0 Å². The van der Waals surface area contributed by atoms with Gasteiger partial charge in [0.1, 0.15) is 17.5 Å². The van der Waals surface area contributed by atoms with Crippen molar-refractivity contribution in [3.05, 3.63) is 52.7 Å². The van der Waals surface area contributed by atoms with Gasteiger partial charge in [0.15, 0.2) is 5.82 Å². The number of aromatic nitrogens is 5. The van der Waals surface area contributed by atoms with E-state index in [9.17, 15) is 0 Å². The number of hydrogen-bond acceptors (Lipinski definition) is 5. The molecular formula is C17H20N6. The van der Waals surface area contributed by atoms with Crippen molar-refractivity contribution in [3.63, 3.8) is 0 Å². The predicted octanol–water partition coefficient (Wildman–Crippen LogP) is 3.11. The minimum atomic E-state index is 0.712. The molecule has 3 aromatic rings. The maximum Gasteiger partial charge on any atom is 0.181 e. The van der Waals surface area contributed by atoms with Crippen molar-refractivity contribution in [1.82, 2.24) is 25.1 Å². The summed E-state index contributed by atoms with van der Waals surface area (Å²) in [6.45, 7) is 8.55. The summed E-state index contributed by atoms with van der Waals surface area (Å²) in [6.07, 6.45) is 0. The first-order valence-electron chi connectivity index (χ1n) is 7.57. The molecular weight excluding hydrogens is 288 g/mol. The molecule has 0 spiro atoms. The average molecular weight is 308 g/mol. The molecule has 6 nitrogen and oxygen atoms in total. The molecule has 0 unspecified atom stereocenters. The van der Waals surface area contributed by atoms with Crippen LogP contribution in [0.4, 0.5) is 5.82 Å². The minimum absolute atomic E-state index is 0.712. The molecule has 6 heteroatoms. The maximum absolute atomic E-state index is 4.47. The number of aromatic amines is 1. The Balaban J connectivity index is 1.72. The van der Waals surface area contributed by atoms with Crippen LogP contribution in [0.2, 0.25) is 0 Å². The van der Waals surface area contributed by atoms with Crippen molar-refractivity contribution in [2.75, 3.05) is 5.32 Å². The number of nitrogens with one attached hydrogen (secondary N) is 2. The van der Waals surface area contributed by atoms with Gasteiger partial charge in [-0.05, 0) is 33.3 Å². The molecule has 0 aliphatic heterocycles. The fourth-order valence-corrected chi connectivity index (χ4v) is 2.37. The number of rotatable bonds is 4. The van der Waals surface area contributed by atoms with E-state index in [0.29, 0.717) is 6.54 Å². The van der Waals surface area contributed by atoms with Crippen LogP contribution in [0.15, 0.2) is 24.3 Å². The summed E-state index contributed by atoms with van der Waals surface area (Å²) < 4.78 is 0. The van der Waals surface area contributed by atoms with E-state index in [1.807, 2.05) is 39.8 Å². The van der Waals surface area contributed by atoms with Crippen LogP contribution >= 0.6 is 0 Å². The first-order chi connectivity index (χ1) is 11.0. The summed E-state index contributed by atoms with van der Waals surface area (Å²) >= 11 is 0. The van der Waals surface area contributed by atoms with Crippen molar-refractivity contribution in [2.45, 2.75) is 34.2 Å². The molecule has 118 valence electrons. The second kappa shape index (κ2) is 6.16. The van der Waals surface area contributed by atoms with E-state index < -0.39 is 0 Å². The summed E-state index contributed by atoms with van der Waals surface area (Å²) in [4.78, 5) is 13.2. The number of nitrogens with zero attached hydrogens (tertiary/aromatic N) is 4. The van der Waals surface area contributed by atoms with E-state index in [2.05, 4.69) is 42.6 Å². The number of aryl methyl sites for hydroxylation is 3. The SMILES string of the molecule is Cc1nc(C)c(C)c(NCc2ccc(-c3n[nH]c(C)n3)cc2)n1. The molecule has 1 aromatic carbocycles. The molecule has 0 bridgehead atoms. The third kappa shape index (κ3) is 3.36. The van der Waals surface area contributed by atoms with Crippen LogP contribution in [0, 0.1) is 27.7 Å². The Labute approximate surface area is 135 Å². The molecule has 0 atom stereocenters. The molecule has 0 saturated carbocycles. The van der Waals surface area contributed by atoms with Crippen molar-refractivity contribution in [1.29, 1.82) is 0 Å². The van der Waals surface area contributed by atoms with Gasteiger partial charge in [0.2, 0.25) is 0 Å². The van der Waals surface area contributed by atoms with E-state index >= 15 is 0 Å². The number of H-pyrrole nitrogens is 1. The summed E-state index contributed by atoms with van der Waals surface area (Å²) in [5.41, 5.74) is 4.27. The van der Waals surface area contributed by atoms with Crippen LogP contribution in [0.1, 0.15) is 28.5 Å². The fourth-order valence-electron chi connectivity index (χ4n) is 2.37. The van der Waals surface area contributed by atoms with Gasteiger partial charge < -0.3 is 5.32 Å². The fraction of sp³-hybridized carbons (Fsp3) is 0.294. The van der Waals surface area contributed by atoms with Crippen LogP contribution in [0.3, 0.4) is 0 Å². The highest BCUT2D eigenvalue weighted by Crippen LogP contribution is 2.18. The molecule has 2 aromatic heterocycles. The Hall–Kier alpha value is -2.76. The molecule has 2 heterocycles. The number of hydrogen-bond donors (Lipinski definition) is 2. The lowest BCUT2D eigenvalue weighted by molar-refractivity contribution is 0.969. The predicted molar refractivity (Wildman–Crippen MR) is 90.1 cm³/mol. The molecule has 0 aliphatic carbocycles. The number of anilines is 1. The minimum Gasteiger partial charge on any atom is -0.366 e. The Morgan fingerprint density at radius 2 is 1.70 bits per heavy atom. The highest BCUT2D eigenvalue weighted by Gasteiger charge is 2.06. The lowest BCUT2D eigenvalue weighted by Crippen LogP contribution is -2.07. The van der Waals surface area contributed by atoms with Gasteiger partial charge in [0.25, 0.3) is 0 Å². The molecule has 3 rings (SSSR count). The van der Waals surface area contributed by atoms with Crippen LogP contribution in [-0.4, -0.2) is 25.1 Å². The van der Waals surface area contributed by atoms with Gasteiger partial charge in [-0.15, -0.1) is 0 Å². The van der Waals surface area contributed by atoms with E-state index in [-0.39, 0.29) is 0 Å². The zero-order chi connectivity index (χ0) is 16.4. The Bertz CT molecular complexity index is 820. The second-order valence-electron chi connectivity index (χ2n) is 5.62. The van der Waals surface area contributed by atoms with Crippen LogP contribution in [-0.2, 0) is 6.54 Å². The second-order valence-corrected chi connectivity index (χ2v) is 5.62. The monoisotopic (exact) mass is 308 g/mol. The Kier molecular flexibility index (Phi) is 4.06. The summed E-state index contributed by atoms with van der Waals surface area (Å²) in [7, 11) is 0. The zero-order valence-corrected chi connectivity index (χ0v) is 13.8. The van der Waals surface area contributed by atoms with Crippen LogP contribution in [0.5, 0.6) is 0 Å². The van der Waals surface area contributed by atoms with Crippen molar-refractivity contribution in [2.24, 2.45) is 0 Å². The summed E-state index contributed by atoms with van der Waals surface area (Å²) in [5, 5.41) is 10.4. The lowest BCUT2D eigenvalue weighted by Gasteiger charge is -2.11. The average Bonchev–Trinajstić information content (AvgIpc) is 2.96. The van der Waals surface area contributed by atoms with E-state index in [4.69, 9.17) is 0 Å². The molecule has 23 heavy (non-hydrogen) atoms. The van der Waals surface area contributed by atoms with E-state index in [1.54, 1.807) is 0 Å². The standard InChI is InChI=1S/C17H20N6/c1-10-11(2)19-12(3)20-16(10)18-9-14-5-7-15(8-6-14)17-21-13(4)22-23-17/h5-8H,9H2,1-4H3,(H,18,19,20)(H,21,22,23). The Morgan fingerprint density at radius 1 is 0.957 bits per heavy atom. The quantitative estimate of drug-likeness (QED) is 0.774. The molecule has 0 aliphatic rings. The Morgan fingerprint density at radius 3 is 2.35 bits per heavy atom. The molecule has 0 saturated heterocycles. The van der Waals surface area contributed by atoms with E-state index in [1.165, 1.54) is 5.56 Å². The van der Waals surface area contributed by atoms with Gasteiger partial charge in [-0.2, -0.15) is 5.10 Å². The highest BCUT2D eigenvalue weighted by molar-refractivity contribution is 5.55. The van der Waals surface area contributed by atoms with Gasteiger partial charge in [-0.3, -0.25) is 5.10 Å². The smallest absolute Gasteiger partial charge is 0.181 e. The maximum atomic E-state index is 4.47. The normalized spacial score (nSPS) is 10.8. The molecule has 0 fully saturated rings. The third-order valence-corrected chi connectivity index (χ3v) is 3.77. The topological polar surface area (TPSA) is 79.4 Å². The van der Waals surface area contributed by atoms with Crippen molar-refractivity contribution >= 4 is 5.82 Å². The first-order valence-corrected chi connectivity index (χ1v) is 7.57.